The van der Waals surface area contributed by atoms with Gasteiger partial charge in [0, 0.05) is 30.3 Å². The van der Waals surface area contributed by atoms with Crippen LogP contribution in [0.4, 0.5) is 0 Å². The Morgan fingerprint density at radius 2 is 2.15 bits per heavy atom. The number of hydrogen-bond donors (Lipinski definition) is 1. The molecule has 3 heteroatoms. The fourth-order valence-electron chi connectivity index (χ4n) is 1.25. The van der Waals surface area contributed by atoms with Crippen LogP contribution in [0.15, 0.2) is 30.5 Å². The van der Waals surface area contributed by atoms with E-state index in [1.54, 1.807) is 6.20 Å². The first kappa shape index (κ1) is 8.13. The van der Waals surface area contributed by atoms with Crippen molar-refractivity contribution in [3.63, 3.8) is 0 Å². The Balaban J connectivity index is 2.49. The van der Waals surface area contributed by atoms with Crippen molar-refractivity contribution in [2.45, 2.75) is 6.42 Å². The SMILES string of the molecule is OCCc1ccc2cccnc2n1. The number of aliphatic hydroxyl groups is 1. The average Bonchev–Trinajstić information content (AvgIpc) is 2.18. The molecule has 0 aliphatic carbocycles. The first-order valence-electron chi connectivity index (χ1n) is 4.21. The minimum absolute atomic E-state index is 0.130. The van der Waals surface area contributed by atoms with Gasteiger partial charge in [0.15, 0.2) is 5.65 Å². The first-order valence-corrected chi connectivity index (χ1v) is 4.21. The average molecular weight is 174 g/mol. The maximum absolute atomic E-state index is 8.73. The van der Waals surface area contributed by atoms with Crippen molar-refractivity contribution < 1.29 is 5.11 Å². The summed E-state index contributed by atoms with van der Waals surface area (Å²) in [7, 11) is 0. The highest BCUT2D eigenvalue weighted by Gasteiger charge is 1.97. The lowest BCUT2D eigenvalue weighted by Gasteiger charge is -1.99. The van der Waals surface area contributed by atoms with Gasteiger partial charge in [-0.2, -0.15) is 0 Å². The fourth-order valence-corrected chi connectivity index (χ4v) is 1.25. The molecule has 0 aliphatic rings. The largest absolute Gasteiger partial charge is 0.396 e. The molecule has 0 fully saturated rings. The van der Waals surface area contributed by atoms with Crippen LogP contribution in [0.25, 0.3) is 11.0 Å². The molecule has 0 aliphatic heterocycles. The molecule has 0 atom stereocenters. The molecular formula is C10H10N2O. The van der Waals surface area contributed by atoms with Crippen LogP contribution in [0.5, 0.6) is 0 Å². The van der Waals surface area contributed by atoms with E-state index in [1.165, 1.54) is 0 Å². The number of pyridine rings is 2. The van der Waals surface area contributed by atoms with E-state index in [1.807, 2.05) is 24.3 Å². The lowest BCUT2D eigenvalue weighted by molar-refractivity contribution is 0.298. The third-order valence-electron chi connectivity index (χ3n) is 1.89. The van der Waals surface area contributed by atoms with E-state index in [0.29, 0.717) is 6.42 Å². The predicted octanol–water partition coefficient (Wildman–Crippen LogP) is 1.16. The van der Waals surface area contributed by atoms with Gasteiger partial charge in [0.25, 0.3) is 0 Å². The lowest BCUT2D eigenvalue weighted by atomic mass is 10.2. The smallest absolute Gasteiger partial charge is 0.159 e. The molecule has 0 bridgehead atoms. The Hall–Kier alpha value is -1.48. The highest BCUT2D eigenvalue weighted by molar-refractivity contribution is 5.74. The summed E-state index contributed by atoms with van der Waals surface area (Å²) < 4.78 is 0. The summed E-state index contributed by atoms with van der Waals surface area (Å²) in [4.78, 5) is 8.43. The maximum Gasteiger partial charge on any atom is 0.159 e. The number of rotatable bonds is 2. The Labute approximate surface area is 76.1 Å². The van der Waals surface area contributed by atoms with E-state index in [-0.39, 0.29) is 6.61 Å². The highest BCUT2D eigenvalue weighted by Crippen LogP contribution is 2.08. The molecule has 2 heterocycles. The van der Waals surface area contributed by atoms with Gasteiger partial charge in [-0.25, -0.2) is 9.97 Å². The minimum atomic E-state index is 0.130. The van der Waals surface area contributed by atoms with Crippen molar-refractivity contribution in [3.05, 3.63) is 36.2 Å². The van der Waals surface area contributed by atoms with Crippen molar-refractivity contribution in [1.82, 2.24) is 9.97 Å². The molecule has 2 aromatic heterocycles. The quantitative estimate of drug-likeness (QED) is 0.743. The van der Waals surface area contributed by atoms with Gasteiger partial charge in [0.2, 0.25) is 0 Å². The lowest BCUT2D eigenvalue weighted by Crippen LogP contribution is -1.95. The summed E-state index contributed by atoms with van der Waals surface area (Å²) in [6.07, 6.45) is 2.31. The molecule has 0 spiro atoms. The number of aliphatic hydroxyl groups excluding tert-OH is 1. The number of hydrogen-bond acceptors (Lipinski definition) is 3. The summed E-state index contributed by atoms with van der Waals surface area (Å²) in [5, 5.41) is 9.76. The number of nitrogens with zero attached hydrogens (tertiary/aromatic N) is 2. The van der Waals surface area contributed by atoms with Gasteiger partial charge in [-0.1, -0.05) is 0 Å². The molecule has 1 N–H and O–H groups in total. The van der Waals surface area contributed by atoms with Crippen molar-refractivity contribution in [2.24, 2.45) is 0 Å². The molecule has 0 aromatic carbocycles. The van der Waals surface area contributed by atoms with Crippen molar-refractivity contribution in [1.29, 1.82) is 0 Å². The first-order chi connectivity index (χ1) is 6.40. The molecule has 0 unspecified atom stereocenters. The van der Waals surface area contributed by atoms with Gasteiger partial charge in [0.1, 0.15) is 0 Å². The van der Waals surface area contributed by atoms with Crippen LogP contribution in [-0.4, -0.2) is 21.7 Å². The van der Waals surface area contributed by atoms with E-state index in [9.17, 15) is 0 Å². The molecule has 2 aromatic rings. The number of fused-ring (bicyclic) bond motifs is 1. The van der Waals surface area contributed by atoms with Gasteiger partial charge in [-0.05, 0) is 24.3 Å². The van der Waals surface area contributed by atoms with Crippen LogP contribution in [0.3, 0.4) is 0 Å². The fraction of sp³-hybridized carbons (Fsp3) is 0.200. The van der Waals surface area contributed by atoms with Gasteiger partial charge < -0.3 is 5.11 Å². The van der Waals surface area contributed by atoms with E-state index in [2.05, 4.69) is 9.97 Å². The normalized spacial score (nSPS) is 10.5. The van der Waals surface area contributed by atoms with Crippen LogP contribution in [0.1, 0.15) is 5.69 Å². The molecule has 66 valence electrons. The van der Waals surface area contributed by atoms with Crippen LogP contribution in [0.2, 0.25) is 0 Å². The molecule has 0 saturated carbocycles. The second-order valence-electron chi connectivity index (χ2n) is 2.83. The van der Waals surface area contributed by atoms with Crippen molar-refractivity contribution in [3.8, 4) is 0 Å². The molecular weight excluding hydrogens is 164 g/mol. The Morgan fingerprint density at radius 3 is 3.00 bits per heavy atom. The Kier molecular flexibility index (Phi) is 2.19. The predicted molar refractivity (Wildman–Crippen MR) is 50.3 cm³/mol. The molecule has 2 rings (SSSR count). The second-order valence-corrected chi connectivity index (χ2v) is 2.83. The maximum atomic E-state index is 8.73. The minimum Gasteiger partial charge on any atom is -0.396 e. The highest BCUT2D eigenvalue weighted by atomic mass is 16.3. The number of aromatic nitrogens is 2. The van der Waals surface area contributed by atoms with Gasteiger partial charge in [-0.3, -0.25) is 0 Å². The van der Waals surface area contributed by atoms with E-state index >= 15 is 0 Å². The standard InChI is InChI=1S/C10H10N2O/c13-7-5-9-4-3-8-2-1-6-11-10(8)12-9/h1-4,6,13H,5,7H2. The molecule has 0 radical (unpaired) electrons. The topological polar surface area (TPSA) is 46.0 Å². The van der Waals surface area contributed by atoms with Crippen LogP contribution >= 0.6 is 0 Å². The zero-order chi connectivity index (χ0) is 9.10. The molecule has 0 amide bonds. The zero-order valence-corrected chi connectivity index (χ0v) is 7.14. The van der Waals surface area contributed by atoms with Crippen LogP contribution in [0, 0.1) is 0 Å². The van der Waals surface area contributed by atoms with Gasteiger partial charge >= 0.3 is 0 Å². The summed E-state index contributed by atoms with van der Waals surface area (Å²) in [6.45, 7) is 0.130. The molecule has 0 saturated heterocycles. The summed E-state index contributed by atoms with van der Waals surface area (Å²) >= 11 is 0. The zero-order valence-electron chi connectivity index (χ0n) is 7.14. The van der Waals surface area contributed by atoms with E-state index in [4.69, 9.17) is 5.11 Å². The third kappa shape index (κ3) is 1.65. The van der Waals surface area contributed by atoms with Crippen LogP contribution in [-0.2, 0) is 6.42 Å². The monoisotopic (exact) mass is 174 g/mol. The molecule has 3 nitrogen and oxygen atoms in total. The summed E-state index contributed by atoms with van der Waals surface area (Å²) in [6, 6.07) is 7.74. The van der Waals surface area contributed by atoms with E-state index < -0.39 is 0 Å². The molecule has 13 heavy (non-hydrogen) atoms. The van der Waals surface area contributed by atoms with Crippen molar-refractivity contribution in [2.75, 3.05) is 6.61 Å². The summed E-state index contributed by atoms with van der Waals surface area (Å²) in [5.74, 6) is 0. The Bertz CT molecular complexity index is 414. The van der Waals surface area contributed by atoms with Gasteiger partial charge in [0.05, 0.1) is 0 Å². The van der Waals surface area contributed by atoms with Crippen molar-refractivity contribution >= 4 is 11.0 Å². The van der Waals surface area contributed by atoms with Gasteiger partial charge in [-0.15, -0.1) is 0 Å². The third-order valence-corrected chi connectivity index (χ3v) is 1.89. The van der Waals surface area contributed by atoms with E-state index in [0.717, 1.165) is 16.7 Å². The summed E-state index contributed by atoms with van der Waals surface area (Å²) in [5.41, 5.74) is 1.63. The van der Waals surface area contributed by atoms with Crippen LogP contribution < -0.4 is 0 Å². The Morgan fingerprint density at radius 1 is 1.23 bits per heavy atom. The second kappa shape index (κ2) is 3.49.